The SMILES string of the molecule is CCCCCNC(=O)C1CCN(C(=O)c2cccc(Oc3ccccc3)c2)CC1. The lowest BCUT2D eigenvalue weighted by atomic mass is 9.95. The number of piperidine rings is 1. The molecule has 5 nitrogen and oxygen atoms in total. The summed E-state index contributed by atoms with van der Waals surface area (Å²) in [5.41, 5.74) is 0.612. The van der Waals surface area contributed by atoms with Crippen molar-refractivity contribution in [3.05, 3.63) is 60.2 Å². The lowest BCUT2D eigenvalue weighted by Crippen LogP contribution is -2.43. The summed E-state index contributed by atoms with van der Waals surface area (Å²) in [6.45, 7) is 4.11. The molecule has 1 aliphatic rings. The van der Waals surface area contributed by atoms with E-state index in [2.05, 4.69) is 12.2 Å². The van der Waals surface area contributed by atoms with Crippen LogP contribution >= 0.6 is 0 Å². The third-order valence-electron chi connectivity index (χ3n) is 5.29. The zero-order valence-corrected chi connectivity index (χ0v) is 17.1. The van der Waals surface area contributed by atoms with Crippen LogP contribution in [0.25, 0.3) is 0 Å². The fourth-order valence-electron chi connectivity index (χ4n) is 3.58. The number of benzene rings is 2. The van der Waals surface area contributed by atoms with E-state index in [0.29, 0.717) is 37.2 Å². The van der Waals surface area contributed by atoms with Crippen molar-refractivity contribution in [1.82, 2.24) is 10.2 Å². The predicted molar refractivity (Wildman–Crippen MR) is 114 cm³/mol. The van der Waals surface area contributed by atoms with Crippen LogP contribution in [0.2, 0.25) is 0 Å². The van der Waals surface area contributed by atoms with Gasteiger partial charge < -0.3 is 15.0 Å². The van der Waals surface area contributed by atoms with Crippen molar-refractivity contribution < 1.29 is 14.3 Å². The number of nitrogens with one attached hydrogen (secondary N) is 1. The number of para-hydroxylation sites is 1. The van der Waals surface area contributed by atoms with Crippen molar-refractivity contribution in [3.8, 4) is 11.5 Å². The number of carbonyl (C=O) groups excluding carboxylic acids is 2. The third kappa shape index (κ3) is 6.08. The zero-order chi connectivity index (χ0) is 20.5. The highest BCUT2D eigenvalue weighted by atomic mass is 16.5. The largest absolute Gasteiger partial charge is 0.457 e. The number of nitrogens with zero attached hydrogens (tertiary/aromatic N) is 1. The molecule has 0 saturated carbocycles. The second-order valence-electron chi connectivity index (χ2n) is 7.51. The lowest BCUT2D eigenvalue weighted by Gasteiger charge is -2.31. The van der Waals surface area contributed by atoms with Gasteiger partial charge in [-0.05, 0) is 49.6 Å². The van der Waals surface area contributed by atoms with Gasteiger partial charge in [-0.2, -0.15) is 0 Å². The van der Waals surface area contributed by atoms with Gasteiger partial charge >= 0.3 is 0 Å². The second kappa shape index (κ2) is 10.6. The van der Waals surface area contributed by atoms with Crippen molar-refractivity contribution in [2.75, 3.05) is 19.6 Å². The number of rotatable bonds is 8. The number of amides is 2. The van der Waals surface area contributed by atoms with Gasteiger partial charge in [0.1, 0.15) is 11.5 Å². The molecule has 154 valence electrons. The number of likely N-dealkylation sites (tertiary alicyclic amines) is 1. The minimum Gasteiger partial charge on any atom is -0.457 e. The molecule has 3 rings (SSSR count). The van der Waals surface area contributed by atoms with E-state index >= 15 is 0 Å². The van der Waals surface area contributed by atoms with Crippen LogP contribution in [0.3, 0.4) is 0 Å². The lowest BCUT2D eigenvalue weighted by molar-refractivity contribution is -0.126. The van der Waals surface area contributed by atoms with Crippen LogP contribution < -0.4 is 10.1 Å². The molecule has 0 spiro atoms. The van der Waals surface area contributed by atoms with Crippen LogP contribution in [0.4, 0.5) is 0 Å². The maximum Gasteiger partial charge on any atom is 0.253 e. The van der Waals surface area contributed by atoms with Gasteiger partial charge in [-0.15, -0.1) is 0 Å². The van der Waals surface area contributed by atoms with Gasteiger partial charge in [0.15, 0.2) is 0 Å². The summed E-state index contributed by atoms with van der Waals surface area (Å²) >= 11 is 0. The van der Waals surface area contributed by atoms with Gasteiger partial charge in [0.25, 0.3) is 5.91 Å². The Kier molecular flexibility index (Phi) is 7.68. The molecule has 0 aliphatic carbocycles. The van der Waals surface area contributed by atoms with Crippen molar-refractivity contribution >= 4 is 11.8 Å². The summed E-state index contributed by atoms with van der Waals surface area (Å²) in [7, 11) is 0. The molecule has 2 amide bonds. The first kappa shape index (κ1) is 20.9. The summed E-state index contributed by atoms with van der Waals surface area (Å²) in [6.07, 6.45) is 4.74. The number of hydrogen-bond acceptors (Lipinski definition) is 3. The van der Waals surface area contributed by atoms with E-state index in [1.165, 1.54) is 0 Å². The quantitative estimate of drug-likeness (QED) is 0.664. The highest BCUT2D eigenvalue weighted by molar-refractivity contribution is 5.94. The molecule has 29 heavy (non-hydrogen) atoms. The Morgan fingerprint density at radius 1 is 1.00 bits per heavy atom. The molecule has 1 N–H and O–H groups in total. The van der Waals surface area contributed by atoms with Crippen molar-refractivity contribution in [1.29, 1.82) is 0 Å². The Morgan fingerprint density at radius 2 is 1.72 bits per heavy atom. The van der Waals surface area contributed by atoms with E-state index in [1.807, 2.05) is 53.4 Å². The Bertz CT molecular complexity index is 799. The average Bonchev–Trinajstić information content (AvgIpc) is 2.77. The van der Waals surface area contributed by atoms with Crippen LogP contribution in [-0.2, 0) is 4.79 Å². The predicted octanol–water partition coefficient (Wildman–Crippen LogP) is 4.64. The molecule has 1 aliphatic heterocycles. The molecule has 0 unspecified atom stereocenters. The Hall–Kier alpha value is -2.82. The van der Waals surface area contributed by atoms with Gasteiger partial charge in [0.2, 0.25) is 5.91 Å². The number of ether oxygens (including phenoxy) is 1. The first-order valence-electron chi connectivity index (χ1n) is 10.6. The van der Waals surface area contributed by atoms with Crippen LogP contribution in [0.15, 0.2) is 54.6 Å². The summed E-state index contributed by atoms with van der Waals surface area (Å²) in [5.74, 6) is 1.51. The second-order valence-corrected chi connectivity index (χ2v) is 7.51. The summed E-state index contributed by atoms with van der Waals surface area (Å²) in [6, 6.07) is 16.8. The molecule has 1 fully saturated rings. The van der Waals surface area contributed by atoms with Crippen molar-refractivity contribution in [2.24, 2.45) is 5.92 Å². The van der Waals surface area contributed by atoms with E-state index in [4.69, 9.17) is 4.74 Å². The molecule has 0 bridgehead atoms. The highest BCUT2D eigenvalue weighted by Gasteiger charge is 2.27. The van der Waals surface area contributed by atoms with Gasteiger partial charge in [-0.3, -0.25) is 9.59 Å². The number of unbranched alkanes of at least 4 members (excludes halogenated alkanes) is 2. The van der Waals surface area contributed by atoms with Gasteiger partial charge in [0.05, 0.1) is 0 Å². The topological polar surface area (TPSA) is 58.6 Å². The smallest absolute Gasteiger partial charge is 0.253 e. The first-order chi connectivity index (χ1) is 14.2. The maximum absolute atomic E-state index is 12.9. The molecule has 1 heterocycles. The first-order valence-corrected chi connectivity index (χ1v) is 10.6. The Labute approximate surface area is 173 Å². The third-order valence-corrected chi connectivity index (χ3v) is 5.29. The number of hydrogen-bond donors (Lipinski definition) is 1. The van der Waals surface area contributed by atoms with Gasteiger partial charge in [0, 0.05) is 31.1 Å². The minimum atomic E-state index is -0.00897. The molecule has 0 radical (unpaired) electrons. The van der Waals surface area contributed by atoms with E-state index in [1.54, 1.807) is 6.07 Å². The summed E-state index contributed by atoms with van der Waals surface area (Å²) in [4.78, 5) is 27.0. The normalized spacial score (nSPS) is 14.4. The Morgan fingerprint density at radius 3 is 2.45 bits per heavy atom. The summed E-state index contributed by atoms with van der Waals surface area (Å²) < 4.78 is 5.84. The van der Waals surface area contributed by atoms with Gasteiger partial charge in [-0.25, -0.2) is 0 Å². The molecule has 0 aromatic heterocycles. The van der Waals surface area contributed by atoms with E-state index in [-0.39, 0.29) is 17.7 Å². The van der Waals surface area contributed by atoms with E-state index in [0.717, 1.165) is 31.6 Å². The van der Waals surface area contributed by atoms with Crippen LogP contribution in [0.1, 0.15) is 49.4 Å². The molecule has 0 atom stereocenters. The molecular formula is C24H30N2O3. The minimum absolute atomic E-state index is 0.00780. The van der Waals surface area contributed by atoms with E-state index < -0.39 is 0 Å². The average molecular weight is 395 g/mol. The van der Waals surface area contributed by atoms with Crippen molar-refractivity contribution in [2.45, 2.75) is 39.0 Å². The number of carbonyl (C=O) groups is 2. The fourth-order valence-corrected chi connectivity index (χ4v) is 3.58. The van der Waals surface area contributed by atoms with E-state index in [9.17, 15) is 9.59 Å². The van der Waals surface area contributed by atoms with Crippen LogP contribution in [0.5, 0.6) is 11.5 Å². The van der Waals surface area contributed by atoms with Gasteiger partial charge in [-0.1, -0.05) is 44.0 Å². The highest BCUT2D eigenvalue weighted by Crippen LogP contribution is 2.24. The monoisotopic (exact) mass is 394 g/mol. The molecule has 5 heteroatoms. The molecule has 1 saturated heterocycles. The standard InChI is InChI=1S/C24H30N2O3/c1-2-3-7-15-25-23(27)19-13-16-26(17-14-19)24(28)20-9-8-12-22(18-20)29-21-10-5-4-6-11-21/h4-6,8-12,18-19H,2-3,7,13-17H2,1H3,(H,25,27). The maximum atomic E-state index is 12.9. The van der Waals surface area contributed by atoms with Crippen LogP contribution in [0, 0.1) is 5.92 Å². The molecule has 2 aromatic carbocycles. The zero-order valence-electron chi connectivity index (χ0n) is 17.1. The fraction of sp³-hybridized carbons (Fsp3) is 0.417. The molecule has 2 aromatic rings. The van der Waals surface area contributed by atoms with Crippen LogP contribution in [-0.4, -0.2) is 36.3 Å². The molecular weight excluding hydrogens is 364 g/mol. The van der Waals surface area contributed by atoms with Crippen molar-refractivity contribution in [3.63, 3.8) is 0 Å². The summed E-state index contributed by atoms with van der Waals surface area (Å²) in [5, 5.41) is 3.03. The Balaban J connectivity index is 1.51.